The van der Waals surface area contributed by atoms with Crippen LogP contribution in [0.15, 0.2) is 88.2 Å². The Morgan fingerprint density at radius 2 is 1.51 bits per heavy atom. The second-order valence-corrected chi connectivity index (χ2v) is 13.7. The molecule has 0 unspecified atom stereocenters. The van der Waals surface area contributed by atoms with Crippen LogP contribution in [0.25, 0.3) is 0 Å². The Bertz CT molecular complexity index is 1380. The van der Waals surface area contributed by atoms with Crippen molar-refractivity contribution in [2.24, 2.45) is 0 Å². The molecule has 3 rings (SSSR count). The van der Waals surface area contributed by atoms with Gasteiger partial charge in [0.05, 0.1) is 11.4 Å². The Balaban J connectivity index is 1.98. The van der Waals surface area contributed by atoms with Crippen LogP contribution < -0.4 is 5.32 Å². The Morgan fingerprint density at radius 1 is 0.923 bits per heavy atom. The third-order valence-electron chi connectivity index (χ3n) is 5.92. The van der Waals surface area contributed by atoms with Crippen LogP contribution in [0.2, 0.25) is 5.02 Å². The lowest BCUT2D eigenvalue weighted by Crippen LogP contribution is -2.56. The molecule has 39 heavy (non-hydrogen) atoms. The first-order valence-corrected chi connectivity index (χ1v) is 15.0. The highest BCUT2D eigenvalue weighted by Crippen LogP contribution is 2.21. The average molecular weight is 635 g/mol. The van der Waals surface area contributed by atoms with Gasteiger partial charge >= 0.3 is 0 Å². The molecule has 0 fully saturated rings. The van der Waals surface area contributed by atoms with Crippen LogP contribution in [0.1, 0.15) is 31.9 Å². The Labute approximate surface area is 244 Å². The molecule has 2 amide bonds. The van der Waals surface area contributed by atoms with Gasteiger partial charge < -0.3 is 10.2 Å². The first-order chi connectivity index (χ1) is 18.3. The van der Waals surface area contributed by atoms with Crippen molar-refractivity contribution < 1.29 is 18.0 Å². The zero-order chi connectivity index (χ0) is 28.8. The number of hydrogen-bond donors (Lipinski definition) is 1. The average Bonchev–Trinajstić information content (AvgIpc) is 2.87. The second kappa shape index (κ2) is 13.1. The summed E-state index contributed by atoms with van der Waals surface area (Å²) in [5.74, 6) is -0.817. The van der Waals surface area contributed by atoms with Crippen molar-refractivity contribution in [2.45, 2.75) is 50.2 Å². The molecular formula is C29H33BrClN3O4S. The summed E-state index contributed by atoms with van der Waals surface area (Å²) in [6.07, 6.45) is 0.263. The van der Waals surface area contributed by atoms with E-state index in [0.717, 1.165) is 19.9 Å². The van der Waals surface area contributed by atoms with E-state index in [1.165, 1.54) is 36.2 Å². The SMILES string of the molecule is CN(CC(=O)N(Cc1ccc(Br)cc1)[C@H](Cc1ccccc1)C(=O)NC(C)(C)C)S(=O)(=O)c1ccc(Cl)cc1. The molecule has 3 aromatic carbocycles. The summed E-state index contributed by atoms with van der Waals surface area (Å²) in [6.45, 7) is 5.29. The van der Waals surface area contributed by atoms with Crippen molar-refractivity contribution in [1.82, 2.24) is 14.5 Å². The number of sulfonamides is 1. The summed E-state index contributed by atoms with van der Waals surface area (Å²) in [7, 11) is -2.63. The molecule has 1 atom stereocenters. The van der Waals surface area contributed by atoms with Crippen molar-refractivity contribution in [3.05, 3.63) is 99.5 Å². The lowest BCUT2D eigenvalue weighted by atomic mass is 10.0. The molecule has 0 aliphatic rings. The minimum absolute atomic E-state index is 0.0213. The number of carbonyl (C=O) groups is 2. The largest absolute Gasteiger partial charge is 0.350 e. The Morgan fingerprint density at radius 3 is 2.08 bits per heavy atom. The number of likely N-dealkylation sites (N-methyl/N-ethyl adjacent to an activating group) is 1. The maximum absolute atomic E-state index is 13.9. The van der Waals surface area contributed by atoms with Gasteiger partial charge in [-0.3, -0.25) is 9.59 Å². The van der Waals surface area contributed by atoms with Crippen LogP contribution in [-0.2, 0) is 32.6 Å². The van der Waals surface area contributed by atoms with Crippen LogP contribution in [0.4, 0.5) is 0 Å². The van der Waals surface area contributed by atoms with Crippen molar-refractivity contribution in [1.29, 1.82) is 0 Å². The maximum Gasteiger partial charge on any atom is 0.243 e. The summed E-state index contributed by atoms with van der Waals surface area (Å²) in [4.78, 5) is 29.0. The molecule has 3 aromatic rings. The Kier molecular flexibility index (Phi) is 10.3. The predicted octanol–water partition coefficient (Wildman–Crippen LogP) is 5.28. The molecule has 10 heteroatoms. The third kappa shape index (κ3) is 8.89. The monoisotopic (exact) mass is 633 g/mol. The van der Waals surface area contributed by atoms with Gasteiger partial charge in [-0.15, -0.1) is 0 Å². The van der Waals surface area contributed by atoms with Crippen molar-refractivity contribution in [2.75, 3.05) is 13.6 Å². The molecule has 0 aliphatic carbocycles. The molecule has 0 radical (unpaired) electrons. The lowest BCUT2D eigenvalue weighted by Gasteiger charge is -2.34. The lowest BCUT2D eigenvalue weighted by molar-refractivity contribution is -0.141. The van der Waals surface area contributed by atoms with Crippen LogP contribution >= 0.6 is 27.5 Å². The molecular weight excluding hydrogens is 602 g/mol. The quantitative estimate of drug-likeness (QED) is 0.329. The molecule has 7 nitrogen and oxygen atoms in total. The minimum Gasteiger partial charge on any atom is -0.350 e. The third-order valence-corrected chi connectivity index (χ3v) is 8.51. The summed E-state index contributed by atoms with van der Waals surface area (Å²) >= 11 is 9.35. The van der Waals surface area contributed by atoms with E-state index in [1.54, 1.807) is 0 Å². The fourth-order valence-electron chi connectivity index (χ4n) is 3.95. The fourth-order valence-corrected chi connectivity index (χ4v) is 5.46. The van der Waals surface area contributed by atoms with Crippen LogP contribution in [-0.4, -0.2) is 54.6 Å². The van der Waals surface area contributed by atoms with Gasteiger partial charge in [0.1, 0.15) is 6.04 Å². The summed E-state index contributed by atoms with van der Waals surface area (Å²) in [6, 6.07) is 21.8. The zero-order valence-corrected chi connectivity index (χ0v) is 25.6. The van der Waals surface area contributed by atoms with E-state index in [2.05, 4.69) is 21.2 Å². The van der Waals surface area contributed by atoms with Crippen LogP contribution in [0.3, 0.4) is 0 Å². The summed E-state index contributed by atoms with van der Waals surface area (Å²) in [5.41, 5.74) is 1.14. The molecule has 0 aromatic heterocycles. The highest BCUT2D eigenvalue weighted by Gasteiger charge is 2.34. The smallest absolute Gasteiger partial charge is 0.243 e. The number of nitrogens with one attached hydrogen (secondary N) is 1. The van der Waals surface area contributed by atoms with Gasteiger partial charge in [0.15, 0.2) is 0 Å². The van der Waals surface area contributed by atoms with E-state index in [1.807, 2.05) is 75.4 Å². The van der Waals surface area contributed by atoms with E-state index >= 15 is 0 Å². The van der Waals surface area contributed by atoms with Gasteiger partial charge in [-0.25, -0.2) is 8.42 Å². The van der Waals surface area contributed by atoms with E-state index < -0.39 is 34.1 Å². The van der Waals surface area contributed by atoms with Gasteiger partial charge in [0.2, 0.25) is 21.8 Å². The number of hydrogen-bond acceptors (Lipinski definition) is 4. The first kappa shape index (κ1) is 30.8. The maximum atomic E-state index is 13.9. The van der Waals surface area contributed by atoms with E-state index in [-0.39, 0.29) is 23.8 Å². The second-order valence-electron chi connectivity index (χ2n) is 10.3. The number of carbonyl (C=O) groups excluding carboxylic acids is 2. The minimum atomic E-state index is -3.98. The Hall–Kier alpha value is -2.72. The summed E-state index contributed by atoms with van der Waals surface area (Å²) in [5, 5.41) is 3.40. The predicted molar refractivity (Wildman–Crippen MR) is 158 cm³/mol. The number of halogens is 2. The molecule has 0 heterocycles. The van der Waals surface area contributed by atoms with Crippen LogP contribution in [0.5, 0.6) is 0 Å². The van der Waals surface area contributed by atoms with Crippen molar-refractivity contribution in [3.8, 4) is 0 Å². The molecule has 0 saturated carbocycles. The molecule has 0 spiro atoms. The number of amides is 2. The van der Waals surface area contributed by atoms with Gasteiger partial charge in [0.25, 0.3) is 0 Å². The highest BCUT2D eigenvalue weighted by molar-refractivity contribution is 9.10. The van der Waals surface area contributed by atoms with Gasteiger partial charge in [-0.05, 0) is 68.3 Å². The highest BCUT2D eigenvalue weighted by atomic mass is 79.9. The molecule has 208 valence electrons. The van der Waals surface area contributed by atoms with E-state index in [4.69, 9.17) is 11.6 Å². The molecule has 1 N–H and O–H groups in total. The number of benzene rings is 3. The number of rotatable bonds is 10. The van der Waals surface area contributed by atoms with Gasteiger partial charge in [0, 0.05) is 35.0 Å². The van der Waals surface area contributed by atoms with E-state index in [0.29, 0.717) is 5.02 Å². The van der Waals surface area contributed by atoms with Crippen molar-refractivity contribution in [3.63, 3.8) is 0 Å². The fraction of sp³-hybridized carbons (Fsp3) is 0.310. The standard InChI is InChI=1S/C29H33BrClN3O4S/c1-29(2,3)32-28(36)26(18-21-8-6-5-7-9-21)34(19-22-10-12-23(30)13-11-22)27(35)20-33(4)39(37,38)25-16-14-24(31)15-17-25/h5-17,26H,18-20H2,1-4H3,(H,32,36)/t26-/m1/s1. The van der Waals surface area contributed by atoms with E-state index in [9.17, 15) is 18.0 Å². The van der Waals surface area contributed by atoms with Gasteiger partial charge in [-0.2, -0.15) is 4.31 Å². The zero-order valence-electron chi connectivity index (χ0n) is 22.4. The first-order valence-electron chi connectivity index (χ1n) is 12.4. The topological polar surface area (TPSA) is 86.8 Å². The van der Waals surface area contributed by atoms with Gasteiger partial charge in [-0.1, -0.05) is 70.0 Å². The number of nitrogens with zero attached hydrogens (tertiary/aromatic N) is 2. The normalized spacial score (nSPS) is 12.7. The van der Waals surface area contributed by atoms with Crippen molar-refractivity contribution >= 4 is 49.4 Å². The molecule has 0 aliphatic heterocycles. The van der Waals surface area contributed by atoms with Crippen LogP contribution in [0, 0.1) is 0 Å². The summed E-state index contributed by atoms with van der Waals surface area (Å²) < 4.78 is 28.3. The molecule has 0 saturated heterocycles. The molecule has 0 bridgehead atoms.